The van der Waals surface area contributed by atoms with E-state index in [2.05, 4.69) is 10.4 Å². The fraction of sp³-hybridized carbons (Fsp3) is 0.286. The van der Waals surface area contributed by atoms with Crippen LogP contribution in [0.15, 0.2) is 24.5 Å². The molecule has 0 saturated carbocycles. The molecular formula is C14H17FN4O2. The van der Waals surface area contributed by atoms with Crippen molar-refractivity contribution in [3.8, 4) is 11.1 Å². The number of rotatable bonds is 5. The Bertz CT molecular complexity index is 654. The Morgan fingerprint density at radius 2 is 2.29 bits per heavy atom. The van der Waals surface area contributed by atoms with Crippen LogP contribution >= 0.6 is 0 Å². The largest absolute Gasteiger partial charge is 0.398 e. The molecule has 4 N–H and O–H groups in total. The number of nitrogen functional groups attached to an aromatic ring is 1. The smallest absolute Gasteiger partial charge is 0.256 e. The summed E-state index contributed by atoms with van der Waals surface area (Å²) >= 11 is 0. The molecule has 6 nitrogen and oxygen atoms in total. The molecular weight excluding hydrogens is 275 g/mol. The van der Waals surface area contributed by atoms with Gasteiger partial charge in [-0.25, -0.2) is 4.39 Å². The Kier molecular flexibility index (Phi) is 4.54. The van der Waals surface area contributed by atoms with Crippen LogP contribution in [-0.4, -0.2) is 34.4 Å². The van der Waals surface area contributed by atoms with Gasteiger partial charge in [-0.1, -0.05) is 0 Å². The number of hydrogen-bond acceptors (Lipinski definition) is 4. The Morgan fingerprint density at radius 1 is 1.52 bits per heavy atom. The van der Waals surface area contributed by atoms with E-state index in [4.69, 9.17) is 10.8 Å². The number of carbonyl (C=O) groups is 1. The van der Waals surface area contributed by atoms with E-state index >= 15 is 0 Å². The molecule has 2 aromatic rings. The number of anilines is 1. The number of nitrogens with one attached hydrogen (secondary N) is 1. The third-order valence-corrected chi connectivity index (χ3v) is 3.12. The lowest BCUT2D eigenvalue weighted by atomic mass is 10.0. The van der Waals surface area contributed by atoms with Crippen molar-refractivity contribution >= 4 is 11.6 Å². The Balaban J connectivity index is 2.40. The number of aliphatic hydroxyl groups is 1. The number of nitrogens with zero attached hydrogens (tertiary/aromatic N) is 2. The lowest BCUT2D eigenvalue weighted by molar-refractivity contribution is 0.0960. The number of nitrogens with two attached hydrogens (primary N) is 1. The minimum absolute atomic E-state index is 0.0618. The molecule has 0 bridgehead atoms. The van der Waals surface area contributed by atoms with E-state index in [0.29, 0.717) is 18.5 Å². The van der Waals surface area contributed by atoms with E-state index in [1.807, 2.05) is 0 Å². The second kappa shape index (κ2) is 6.36. The van der Waals surface area contributed by atoms with Crippen molar-refractivity contribution in [2.45, 2.75) is 13.0 Å². The molecule has 0 aliphatic heterocycles. The van der Waals surface area contributed by atoms with Crippen molar-refractivity contribution in [2.24, 2.45) is 0 Å². The number of aromatic nitrogens is 2. The van der Waals surface area contributed by atoms with Crippen molar-refractivity contribution in [3.63, 3.8) is 0 Å². The minimum atomic E-state index is -0.670. The van der Waals surface area contributed by atoms with Crippen LogP contribution in [0.2, 0.25) is 0 Å². The van der Waals surface area contributed by atoms with E-state index in [0.717, 1.165) is 0 Å². The van der Waals surface area contributed by atoms with Gasteiger partial charge in [0.25, 0.3) is 5.91 Å². The van der Waals surface area contributed by atoms with E-state index < -0.39 is 11.7 Å². The van der Waals surface area contributed by atoms with Gasteiger partial charge in [0.15, 0.2) is 0 Å². The summed E-state index contributed by atoms with van der Waals surface area (Å²) in [6.45, 7) is 0.599. The maximum absolute atomic E-state index is 14.5. The van der Waals surface area contributed by atoms with Gasteiger partial charge in [-0.05, 0) is 18.6 Å². The van der Waals surface area contributed by atoms with Crippen molar-refractivity contribution in [1.82, 2.24) is 15.1 Å². The van der Waals surface area contributed by atoms with Crippen LogP contribution < -0.4 is 11.1 Å². The number of halogens is 1. The molecule has 0 spiro atoms. The number of amides is 1. The topological polar surface area (TPSA) is 93.2 Å². The fourth-order valence-electron chi connectivity index (χ4n) is 2.03. The Hall–Kier alpha value is -2.41. The van der Waals surface area contributed by atoms with Crippen molar-refractivity contribution < 1.29 is 14.3 Å². The Morgan fingerprint density at radius 3 is 2.95 bits per heavy atom. The van der Waals surface area contributed by atoms with Crippen LogP contribution in [-0.2, 0) is 6.54 Å². The van der Waals surface area contributed by atoms with Gasteiger partial charge < -0.3 is 16.2 Å². The second-order valence-electron chi connectivity index (χ2n) is 4.54. The summed E-state index contributed by atoms with van der Waals surface area (Å²) in [5, 5.41) is 15.3. The molecule has 1 aromatic carbocycles. The first-order valence-electron chi connectivity index (χ1n) is 6.52. The summed E-state index contributed by atoms with van der Waals surface area (Å²) in [5.74, 6) is -1.24. The third-order valence-electron chi connectivity index (χ3n) is 3.12. The number of carbonyl (C=O) groups excluding carboxylic acids is 1. The van der Waals surface area contributed by atoms with Gasteiger partial charge in [0.2, 0.25) is 0 Å². The van der Waals surface area contributed by atoms with Crippen LogP contribution in [0.25, 0.3) is 11.1 Å². The maximum Gasteiger partial charge on any atom is 0.256 e. The fourth-order valence-corrected chi connectivity index (χ4v) is 2.03. The van der Waals surface area contributed by atoms with Crippen LogP contribution in [0.4, 0.5) is 10.1 Å². The first kappa shape index (κ1) is 15.0. The molecule has 1 heterocycles. The van der Waals surface area contributed by atoms with Crippen LogP contribution in [0, 0.1) is 5.82 Å². The van der Waals surface area contributed by atoms with E-state index in [9.17, 15) is 9.18 Å². The molecule has 0 fully saturated rings. The zero-order valence-corrected chi connectivity index (χ0v) is 11.6. The van der Waals surface area contributed by atoms with Gasteiger partial charge in [0.05, 0.1) is 11.8 Å². The first-order chi connectivity index (χ1) is 10.1. The number of aliphatic hydroxyl groups excluding tert-OH is 1. The highest BCUT2D eigenvalue weighted by Gasteiger charge is 2.19. The average molecular weight is 292 g/mol. The number of hydrogen-bond donors (Lipinski definition) is 3. The highest BCUT2D eigenvalue weighted by atomic mass is 19.1. The van der Waals surface area contributed by atoms with E-state index in [-0.39, 0.29) is 23.4 Å². The predicted octanol–water partition coefficient (Wildman–Crippen LogP) is 1.01. The average Bonchev–Trinajstić information content (AvgIpc) is 2.93. The van der Waals surface area contributed by atoms with Crippen molar-refractivity contribution in [1.29, 1.82) is 0 Å². The third kappa shape index (κ3) is 3.03. The van der Waals surface area contributed by atoms with E-state index in [1.165, 1.54) is 25.4 Å². The highest BCUT2D eigenvalue weighted by Crippen LogP contribution is 2.28. The van der Waals surface area contributed by atoms with Gasteiger partial charge >= 0.3 is 0 Å². The molecule has 7 heteroatoms. The molecule has 0 atom stereocenters. The SMILES string of the molecule is CNC(=O)c1c(N)ccc(-c2cnn(CCCO)c2)c1F. The standard InChI is InChI=1S/C14H17FN4O2/c1-17-14(21)12-11(16)4-3-10(13(12)15)9-7-18-19(8-9)5-2-6-20/h3-4,7-8,20H,2,5-6,16H2,1H3,(H,17,21). The molecule has 0 radical (unpaired) electrons. The monoisotopic (exact) mass is 292 g/mol. The molecule has 0 saturated heterocycles. The van der Waals surface area contributed by atoms with Gasteiger partial charge in [-0.3, -0.25) is 9.48 Å². The van der Waals surface area contributed by atoms with Gasteiger partial charge in [0, 0.05) is 43.2 Å². The zero-order valence-electron chi connectivity index (χ0n) is 11.6. The van der Waals surface area contributed by atoms with Gasteiger partial charge in [-0.15, -0.1) is 0 Å². The number of aryl methyl sites for hydroxylation is 1. The molecule has 0 aliphatic carbocycles. The molecule has 0 unspecified atom stereocenters. The summed E-state index contributed by atoms with van der Waals surface area (Å²) in [7, 11) is 1.42. The maximum atomic E-state index is 14.5. The minimum Gasteiger partial charge on any atom is -0.398 e. The van der Waals surface area contributed by atoms with Gasteiger partial charge in [-0.2, -0.15) is 5.10 Å². The zero-order chi connectivity index (χ0) is 15.4. The van der Waals surface area contributed by atoms with Crippen LogP contribution in [0.5, 0.6) is 0 Å². The first-order valence-corrected chi connectivity index (χ1v) is 6.52. The normalized spacial score (nSPS) is 10.6. The summed E-state index contributed by atoms with van der Waals surface area (Å²) < 4.78 is 16.1. The highest BCUT2D eigenvalue weighted by molar-refractivity contribution is 6.00. The summed E-state index contributed by atoms with van der Waals surface area (Å²) in [5.41, 5.74) is 6.40. The van der Waals surface area contributed by atoms with Crippen LogP contribution in [0.1, 0.15) is 16.8 Å². The Labute approximate surface area is 121 Å². The molecule has 1 aromatic heterocycles. The molecule has 21 heavy (non-hydrogen) atoms. The van der Waals surface area contributed by atoms with E-state index in [1.54, 1.807) is 10.9 Å². The molecule has 1 amide bonds. The summed E-state index contributed by atoms with van der Waals surface area (Å²) in [4.78, 5) is 11.7. The van der Waals surface area contributed by atoms with Gasteiger partial charge in [0.1, 0.15) is 5.82 Å². The summed E-state index contributed by atoms with van der Waals surface area (Å²) in [6, 6.07) is 3.01. The lowest BCUT2D eigenvalue weighted by Crippen LogP contribution is -2.21. The molecule has 112 valence electrons. The second-order valence-corrected chi connectivity index (χ2v) is 4.54. The predicted molar refractivity (Wildman–Crippen MR) is 77.1 cm³/mol. The van der Waals surface area contributed by atoms with Crippen LogP contribution in [0.3, 0.4) is 0 Å². The summed E-state index contributed by atoms with van der Waals surface area (Å²) in [6.07, 6.45) is 3.74. The number of benzene rings is 1. The van der Waals surface area contributed by atoms with Crippen molar-refractivity contribution in [2.75, 3.05) is 19.4 Å². The molecule has 2 rings (SSSR count). The lowest BCUT2D eigenvalue weighted by Gasteiger charge is -2.09. The molecule has 0 aliphatic rings. The quantitative estimate of drug-likeness (QED) is 0.717. The van der Waals surface area contributed by atoms with Crippen molar-refractivity contribution in [3.05, 3.63) is 35.9 Å².